The van der Waals surface area contributed by atoms with Crippen molar-refractivity contribution in [3.8, 4) is 11.4 Å². The molecule has 1 fully saturated rings. The van der Waals surface area contributed by atoms with Gasteiger partial charge in [0.05, 0.1) is 6.10 Å². The second-order valence-corrected chi connectivity index (χ2v) is 5.31. The first-order chi connectivity index (χ1) is 10.2. The zero-order valence-electron chi connectivity index (χ0n) is 11.4. The van der Waals surface area contributed by atoms with E-state index in [0.29, 0.717) is 23.3 Å². The summed E-state index contributed by atoms with van der Waals surface area (Å²) < 4.78 is 18.5. The smallest absolute Gasteiger partial charge is 0.163 e. The second kappa shape index (κ2) is 6.37. The van der Waals surface area contributed by atoms with Crippen molar-refractivity contribution in [3.63, 3.8) is 0 Å². The summed E-state index contributed by atoms with van der Waals surface area (Å²) in [5.74, 6) is 0.819. The lowest BCUT2D eigenvalue weighted by molar-refractivity contribution is 0.120. The molecule has 0 radical (unpaired) electrons. The van der Waals surface area contributed by atoms with E-state index < -0.39 is 0 Å². The van der Waals surface area contributed by atoms with Crippen LogP contribution in [0.3, 0.4) is 0 Å². The standard InChI is InChI=1S/C15H15ClFN3O/c16-13-8-14(18-9-12-2-1-7-21-12)20-15(19-13)10-3-5-11(17)6-4-10/h3-6,8,12H,1-2,7,9H2,(H,18,19,20)/t12-/m1/s1. The number of anilines is 1. The highest BCUT2D eigenvalue weighted by Crippen LogP contribution is 2.21. The molecule has 1 atom stereocenters. The molecule has 4 nitrogen and oxygen atoms in total. The van der Waals surface area contributed by atoms with Gasteiger partial charge in [0.2, 0.25) is 0 Å². The van der Waals surface area contributed by atoms with Gasteiger partial charge in [-0.15, -0.1) is 0 Å². The predicted octanol–water partition coefficient (Wildman–Crippen LogP) is 3.53. The molecule has 2 heterocycles. The highest BCUT2D eigenvalue weighted by molar-refractivity contribution is 6.29. The number of rotatable bonds is 4. The maximum atomic E-state index is 13.0. The first-order valence-electron chi connectivity index (χ1n) is 6.87. The molecule has 1 aliphatic heterocycles. The van der Waals surface area contributed by atoms with Crippen molar-refractivity contribution in [1.82, 2.24) is 9.97 Å². The summed E-state index contributed by atoms with van der Waals surface area (Å²) in [5, 5.41) is 3.56. The minimum atomic E-state index is -0.294. The molecule has 0 spiro atoms. The lowest BCUT2D eigenvalue weighted by Gasteiger charge is -2.12. The number of nitrogens with zero attached hydrogens (tertiary/aromatic N) is 2. The third-order valence-electron chi connectivity index (χ3n) is 3.33. The maximum absolute atomic E-state index is 13.0. The summed E-state index contributed by atoms with van der Waals surface area (Å²) in [7, 11) is 0. The fourth-order valence-electron chi connectivity index (χ4n) is 2.26. The third-order valence-corrected chi connectivity index (χ3v) is 3.53. The van der Waals surface area contributed by atoms with E-state index in [4.69, 9.17) is 16.3 Å². The van der Waals surface area contributed by atoms with Gasteiger partial charge in [-0.05, 0) is 37.1 Å². The maximum Gasteiger partial charge on any atom is 0.163 e. The molecule has 6 heteroatoms. The first kappa shape index (κ1) is 14.2. The SMILES string of the molecule is Fc1ccc(-c2nc(Cl)cc(NC[C@H]3CCCO3)n2)cc1. The van der Waals surface area contributed by atoms with Gasteiger partial charge in [-0.1, -0.05) is 11.6 Å². The highest BCUT2D eigenvalue weighted by Gasteiger charge is 2.15. The summed E-state index contributed by atoms with van der Waals surface area (Å²) in [6, 6.07) is 7.68. The van der Waals surface area contributed by atoms with Crippen LogP contribution in [0.5, 0.6) is 0 Å². The fourth-order valence-corrected chi connectivity index (χ4v) is 2.44. The Bertz CT molecular complexity index is 615. The third kappa shape index (κ3) is 3.68. The first-order valence-corrected chi connectivity index (χ1v) is 7.24. The molecule has 0 saturated carbocycles. The molecule has 1 aromatic carbocycles. The monoisotopic (exact) mass is 307 g/mol. The molecule has 0 unspecified atom stereocenters. The summed E-state index contributed by atoms with van der Waals surface area (Å²) >= 11 is 6.03. The van der Waals surface area contributed by atoms with Crippen LogP contribution in [0.1, 0.15) is 12.8 Å². The molecule has 110 valence electrons. The van der Waals surface area contributed by atoms with Gasteiger partial charge < -0.3 is 10.1 Å². The molecule has 0 amide bonds. The molecule has 2 aromatic rings. The lowest BCUT2D eigenvalue weighted by atomic mass is 10.2. The summed E-state index contributed by atoms with van der Waals surface area (Å²) in [5.41, 5.74) is 0.721. The van der Waals surface area contributed by atoms with Crippen LogP contribution in [0.25, 0.3) is 11.4 Å². The molecule has 1 N–H and O–H groups in total. The van der Waals surface area contributed by atoms with Crippen LogP contribution < -0.4 is 5.32 Å². The van der Waals surface area contributed by atoms with Gasteiger partial charge in [0.15, 0.2) is 5.82 Å². The van der Waals surface area contributed by atoms with E-state index >= 15 is 0 Å². The summed E-state index contributed by atoms with van der Waals surface area (Å²) in [4.78, 5) is 8.58. The number of nitrogens with one attached hydrogen (secondary N) is 1. The summed E-state index contributed by atoms with van der Waals surface area (Å²) in [6.45, 7) is 1.51. The second-order valence-electron chi connectivity index (χ2n) is 4.92. The van der Waals surface area contributed by atoms with Crippen molar-refractivity contribution >= 4 is 17.4 Å². The zero-order chi connectivity index (χ0) is 14.7. The Kier molecular flexibility index (Phi) is 4.31. The van der Waals surface area contributed by atoms with Crippen LogP contribution in [0.4, 0.5) is 10.2 Å². The fraction of sp³-hybridized carbons (Fsp3) is 0.333. The Labute approximate surface area is 127 Å². The normalized spacial score (nSPS) is 17.9. The van der Waals surface area contributed by atoms with Crippen molar-refractivity contribution < 1.29 is 9.13 Å². The number of halogens is 2. The van der Waals surface area contributed by atoms with Gasteiger partial charge in [-0.2, -0.15) is 0 Å². The van der Waals surface area contributed by atoms with Crippen molar-refractivity contribution in [2.45, 2.75) is 18.9 Å². The largest absolute Gasteiger partial charge is 0.376 e. The Morgan fingerprint density at radius 1 is 1.29 bits per heavy atom. The van der Waals surface area contributed by atoms with Gasteiger partial charge >= 0.3 is 0 Å². The van der Waals surface area contributed by atoms with Crippen LogP contribution in [-0.4, -0.2) is 29.2 Å². The number of ether oxygens (including phenoxy) is 1. The minimum absolute atomic E-state index is 0.216. The Morgan fingerprint density at radius 3 is 2.81 bits per heavy atom. The predicted molar refractivity (Wildman–Crippen MR) is 79.9 cm³/mol. The van der Waals surface area contributed by atoms with Crippen LogP contribution in [-0.2, 0) is 4.74 Å². The van der Waals surface area contributed by atoms with E-state index in [9.17, 15) is 4.39 Å². The van der Waals surface area contributed by atoms with E-state index in [1.54, 1.807) is 18.2 Å². The minimum Gasteiger partial charge on any atom is -0.376 e. The molecule has 1 saturated heterocycles. The van der Waals surface area contributed by atoms with Crippen molar-refractivity contribution in [1.29, 1.82) is 0 Å². The van der Waals surface area contributed by atoms with Crippen molar-refractivity contribution in [2.75, 3.05) is 18.5 Å². The van der Waals surface area contributed by atoms with E-state index in [2.05, 4.69) is 15.3 Å². The van der Waals surface area contributed by atoms with Crippen molar-refractivity contribution in [2.24, 2.45) is 0 Å². The van der Waals surface area contributed by atoms with E-state index in [-0.39, 0.29) is 11.9 Å². The molecule has 0 aliphatic carbocycles. The quantitative estimate of drug-likeness (QED) is 0.878. The van der Waals surface area contributed by atoms with Gasteiger partial charge in [0.25, 0.3) is 0 Å². The molecular weight excluding hydrogens is 293 g/mol. The van der Waals surface area contributed by atoms with Gasteiger partial charge in [0, 0.05) is 24.8 Å². The van der Waals surface area contributed by atoms with E-state index in [1.165, 1.54) is 12.1 Å². The topological polar surface area (TPSA) is 47.0 Å². The van der Waals surface area contributed by atoms with Gasteiger partial charge in [-0.25, -0.2) is 14.4 Å². The molecule has 3 rings (SSSR count). The van der Waals surface area contributed by atoms with Crippen LogP contribution in [0.15, 0.2) is 30.3 Å². The van der Waals surface area contributed by atoms with Crippen molar-refractivity contribution in [3.05, 3.63) is 41.3 Å². The molecule has 1 aliphatic rings. The van der Waals surface area contributed by atoms with Crippen LogP contribution in [0, 0.1) is 5.82 Å². The molecule has 21 heavy (non-hydrogen) atoms. The average molecular weight is 308 g/mol. The van der Waals surface area contributed by atoms with Crippen LogP contribution >= 0.6 is 11.6 Å². The Hall–Kier alpha value is -1.72. The molecule has 1 aromatic heterocycles. The van der Waals surface area contributed by atoms with E-state index in [1.807, 2.05) is 0 Å². The van der Waals surface area contributed by atoms with E-state index in [0.717, 1.165) is 25.0 Å². The summed E-state index contributed by atoms with van der Waals surface area (Å²) in [6.07, 6.45) is 2.36. The number of aromatic nitrogens is 2. The van der Waals surface area contributed by atoms with Gasteiger partial charge in [0.1, 0.15) is 16.8 Å². The zero-order valence-corrected chi connectivity index (χ0v) is 12.1. The lowest BCUT2D eigenvalue weighted by Crippen LogP contribution is -2.19. The average Bonchev–Trinajstić information content (AvgIpc) is 2.99. The Morgan fingerprint density at radius 2 is 2.10 bits per heavy atom. The number of hydrogen-bond donors (Lipinski definition) is 1. The molecule has 0 bridgehead atoms. The number of benzene rings is 1. The molecular formula is C15H15ClFN3O. The van der Waals surface area contributed by atoms with Gasteiger partial charge in [-0.3, -0.25) is 0 Å². The highest BCUT2D eigenvalue weighted by atomic mass is 35.5. The number of hydrogen-bond acceptors (Lipinski definition) is 4. The Balaban J connectivity index is 1.77. The van der Waals surface area contributed by atoms with Crippen LogP contribution in [0.2, 0.25) is 5.15 Å².